The molecular weight excluding hydrogens is 435 g/mol. The molecule has 1 N–H and O–H groups in total. The van der Waals surface area contributed by atoms with Crippen molar-refractivity contribution < 1.29 is 26.7 Å². The van der Waals surface area contributed by atoms with Crippen LogP contribution in [0.15, 0.2) is 35.5 Å². The van der Waals surface area contributed by atoms with Gasteiger partial charge in [0.25, 0.3) is 5.91 Å². The van der Waals surface area contributed by atoms with E-state index in [2.05, 4.69) is 9.97 Å². The summed E-state index contributed by atoms with van der Waals surface area (Å²) in [5, 5.41) is 1.33. The van der Waals surface area contributed by atoms with Crippen molar-refractivity contribution in [2.75, 3.05) is 0 Å². The predicted molar refractivity (Wildman–Crippen MR) is 97.7 cm³/mol. The molecule has 0 aliphatic rings. The van der Waals surface area contributed by atoms with Gasteiger partial charge in [-0.25, -0.2) is 13.8 Å². The first-order chi connectivity index (χ1) is 14.0. The van der Waals surface area contributed by atoms with Gasteiger partial charge in [0, 0.05) is 6.20 Å². The zero-order valence-electron chi connectivity index (χ0n) is 15.1. The Kier molecular flexibility index (Phi) is 5.75. The number of pyridine rings is 3. The Bertz CT molecular complexity index is 1180. The van der Waals surface area contributed by atoms with Crippen molar-refractivity contribution in [3.05, 3.63) is 63.3 Å². The lowest BCUT2D eigenvalue weighted by atomic mass is 10.1. The topological polar surface area (TPSA) is 76.9 Å². The van der Waals surface area contributed by atoms with Gasteiger partial charge in [0.2, 0.25) is 5.43 Å². The lowest BCUT2D eigenvalue weighted by Gasteiger charge is -2.20. The van der Waals surface area contributed by atoms with Crippen molar-refractivity contribution in [1.29, 1.82) is 0 Å². The van der Waals surface area contributed by atoms with Crippen molar-refractivity contribution in [3.63, 3.8) is 0 Å². The van der Waals surface area contributed by atoms with Crippen molar-refractivity contribution in [2.24, 2.45) is 0 Å². The van der Waals surface area contributed by atoms with Crippen LogP contribution in [0.2, 0.25) is 5.15 Å². The third-order valence-electron chi connectivity index (χ3n) is 4.24. The fraction of sp³-hybridized carbons (Fsp3) is 0.222. The van der Waals surface area contributed by atoms with Gasteiger partial charge in [0.1, 0.15) is 28.1 Å². The lowest BCUT2D eigenvalue weighted by molar-refractivity contribution is -0.153. The van der Waals surface area contributed by atoms with E-state index in [4.69, 9.17) is 11.6 Å². The molecule has 30 heavy (non-hydrogen) atoms. The first kappa shape index (κ1) is 21.6. The van der Waals surface area contributed by atoms with Gasteiger partial charge in [-0.1, -0.05) is 18.5 Å². The van der Waals surface area contributed by atoms with Crippen molar-refractivity contribution in [3.8, 4) is 5.69 Å². The normalized spacial score (nSPS) is 12.8. The van der Waals surface area contributed by atoms with Crippen molar-refractivity contribution >= 4 is 28.5 Å². The molecule has 0 radical (unpaired) electrons. The van der Waals surface area contributed by atoms with Crippen LogP contribution < -0.4 is 10.7 Å². The molecule has 3 aromatic heterocycles. The molecule has 0 saturated heterocycles. The van der Waals surface area contributed by atoms with Gasteiger partial charge in [0.05, 0.1) is 17.8 Å². The summed E-state index contributed by atoms with van der Waals surface area (Å²) in [6, 6.07) is 0.130. The molecule has 0 aromatic carbocycles. The summed E-state index contributed by atoms with van der Waals surface area (Å²) in [4.78, 5) is 32.4. The average molecular weight is 447 g/mol. The van der Waals surface area contributed by atoms with E-state index < -0.39 is 52.9 Å². The number of carbonyl (C=O) groups is 1. The summed E-state index contributed by atoms with van der Waals surface area (Å²) < 4.78 is 68.4. The SMILES string of the molecule is CCC(NC(=O)c1cn(-c2c(F)cncc2F)c2nc(Cl)ccc2c1=O)C(F)(F)F. The molecular formula is C18H12ClF5N4O2. The van der Waals surface area contributed by atoms with Gasteiger partial charge in [-0.05, 0) is 18.6 Å². The molecule has 1 amide bonds. The van der Waals surface area contributed by atoms with Crippen LogP contribution in [0.1, 0.15) is 23.7 Å². The van der Waals surface area contributed by atoms with Crippen LogP contribution in [0.5, 0.6) is 0 Å². The second kappa shape index (κ2) is 7.98. The Morgan fingerprint density at radius 2 is 1.87 bits per heavy atom. The minimum Gasteiger partial charge on any atom is -0.340 e. The molecule has 0 fully saturated rings. The number of rotatable bonds is 4. The van der Waals surface area contributed by atoms with Gasteiger partial charge >= 0.3 is 6.18 Å². The molecule has 0 aliphatic heterocycles. The number of aromatic nitrogens is 3. The van der Waals surface area contributed by atoms with Crippen LogP contribution in [0.3, 0.4) is 0 Å². The van der Waals surface area contributed by atoms with E-state index >= 15 is 0 Å². The summed E-state index contributed by atoms with van der Waals surface area (Å²) in [7, 11) is 0. The van der Waals surface area contributed by atoms with Gasteiger partial charge in [-0.15, -0.1) is 0 Å². The highest BCUT2D eigenvalue weighted by Gasteiger charge is 2.39. The molecule has 0 aliphatic carbocycles. The number of nitrogens with one attached hydrogen (secondary N) is 1. The number of alkyl halides is 3. The molecule has 158 valence electrons. The second-order valence-electron chi connectivity index (χ2n) is 6.17. The van der Waals surface area contributed by atoms with Crippen LogP contribution in [0, 0.1) is 11.6 Å². The third-order valence-corrected chi connectivity index (χ3v) is 4.45. The summed E-state index contributed by atoms with van der Waals surface area (Å²) in [6.07, 6.45) is -3.15. The van der Waals surface area contributed by atoms with Crippen molar-refractivity contribution in [2.45, 2.75) is 25.6 Å². The minimum atomic E-state index is -4.75. The molecule has 3 rings (SSSR count). The lowest BCUT2D eigenvalue weighted by Crippen LogP contribution is -2.46. The molecule has 6 nitrogen and oxygen atoms in total. The average Bonchev–Trinajstić information content (AvgIpc) is 2.66. The Labute approximate surface area is 170 Å². The smallest absolute Gasteiger partial charge is 0.340 e. The van der Waals surface area contributed by atoms with E-state index in [1.54, 1.807) is 5.32 Å². The Hall–Kier alpha value is -3.08. The third kappa shape index (κ3) is 3.97. The minimum absolute atomic E-state index is 0.120. The highest BCUT2D eigenvalue weighted by atomic mass is 35.5. The zero-order chi connectivity index (χ0) is 22.2. The fourth-order valence-corrected chi connectivity index (χ4v) is 2.94. The highest BCUT2D eigenvalue weighted by molar-refractivity contribution is 6.29. The molecule has 0 spiro atoms. The Balaban J connectivity index is 2.28. The molecule has 1 atom stereocenters. The summed E-state index contributed by atoms with van der Waals surface area (Å²) in [6.45, 7) is 1.20. The maximum Gasteiger partial charge on any atom is 0.408 e. The maximum atomic E-state index is 14.3. The molecule has 3 heterocycles. The Morgan fingerprint density at radius 1 is 1.23 bits per heavy atom. The highest BCUT2D eigenvalue weighted by Crippen LogP contribution is 2.24. The number of nitrogens with zero attached hydrogens (tertiary/aromatic N) is 3. The number of carbonyl (C=O) groups excluding carboxylic acids is 1. The van der Waals surface area contributed by atoms with E-state index in [0.717, 1.165) is 10.6 Å². The number of amides is 1. The second-order valence-corrected chi connectivity index (χ2v) is 6.56. The molecule has 3 aromatic rings. The quantitative estimate of drug-likeness (QED) is 0.489. The molecule has 1 unspecified atom stereocenters. The predicted octanol–water partition coefficient (Wildman–Crippen LogP) is 3.78. The summed E-state index contributed by atoms with van der Waals surface area (Å²) in [5.74, 6) is -3.67. The van der Waals surface area contributed by atoms with E-state index in [1.165, 1.54) is 13.0 Å². The van der Waals surface area contributed by atoms with Gasteiger partial charge in [0.15, 0.2) is 11.6 Å². The molecule has 0 saturated carbocycles. The summed E-state index contributed by atoms with van der Waals surface area (Å²) in [5.41, 5.74) is -2.77. The van der Waals surface area contributed by atoms with Gasteiger partial charge in [-0.2, -0.15) is 13.2 Å². The van der Waals surface area contributed by atoms with Crippen LogP contribution >= 0.6 is 11.6 Å². The van der Waals surface area contributed by atoms with E-state index in [9.17, 15) is 31.5 Å². The van der Waals surface area contributed by atoms with Gasteiger partial charge < -0.3 is 5.32 Å². The monoisotopic (exact) mass is 446 g/mol. The number of halogens is 6. The van der Waals surface area contributed by atoms with Gasteiger partial charge in [-0.3, -0.25) is 19.1 Å². The van der Waals surface area contributed by atoms with Crippen LogP contribution in [-0.2, 0) is 0 Å². The fourth-order valence-electron chi connectivity index (χ4n) is 2.80. The van der Waals surface area contributed by atoms with Crippen molar-refractivity contribution in [1.82, 2.24) is 19.9 Å². The number of hydrogen-bond donors (Lipinski definition) is 1. The first-order valence-electron chi connectivity index (χ1n) is 8.43. The maximum absolute atomic E-state index is 14.3. The number of fused-ring (bicyclic) bond motifs is 1. The van der Waals surface area contributed by atoms with Crippen LogP contribution in [0.4, 0.5) is 22.0 Å². The van der Waals surface area contributed by atoms with E-state index in [0.29, 0.717) is 18.6 Å². The van der Waals surface area contributed by atoms with E-state index in [-0.39, 0.29) is 16.2 Å². The van der Waals surface area contributed by atoms with E-state index in [1.807, 2.05) is 0 Å². The standard InChI is InChI=1S/C18H12ClF5N4O2/c1-2-12(18(22,23)24)26-17(30)9-7-28(14-10(20)5-25-6-11(14)21)16-8(15(9)29)3-4-13(19)27-16/h3-7,12H,2H2,1H3,(H,26,30). The first-order valence-corrected chi connectivity index (χ1v) is 8.81. The number of hydrogen-bond acceptors (Lipinski definition) is 4. The summed E-state index contributed by atoms with van der Waals surface area (Å²) >= 11 is 5.82. The van der Waals surface area contributed by atoms with Crippen LogP contribution in [-0.4, -0.2) is 32.7 Å². The van der Waals surface area contributed by atoms with Crippen LogP contribution in [0.25, 0.3) is 16.7 Å². The largest absolute Gasteiger partial charge is 0.408 e. The Morgan fingerprint density at radius 3 is 2.43 bits per heavy atom. The molecule has 12 heteroatoms. The molecule has 0 bridgehead atoms. The zero-order valence-corrected chi connectivity index (χ0v) is 15.9.